The molecule has 0 spiro atoms. The summed E-state index contributed by atoms with van der Waals surface area (Å²) in [5, 5.41) is -0.244. The number of hydrogen-bond acceptors (Lipinski definition) is 5. The zero-order chi connectivity index (χ0) is 16.2. The number of rotatable bonds is 4. The molecule has 0 atom stereocenters. The molecule has 0 radical (unpaired) electrons. The Hall–Kier alpha value is -2.05. The van der Waals surface area contributed by atoms with Crippen LogP contribution in [0, 0.1) is 0 Å². The fraction of sp³-hybridized carbons (Fsp3) is 0.294. The minimum Gasteiger partial charge on any atom is -0.378 e. The van der Waals surface area contributed by atoms with Crippen LogP contribution in [0.3, 0.4) is 0 Å². The fourth-order valence-electron chi connectivity index (χ4n) is 2.54. The van der Waals surface area contributed by atoms with Gasteiger partial charge in [-0.1, -0.05) is 18.2 Å². The van der Waals surface area contributed by atoms with E-state index in [2.05, 4.69) is 11.5 Å². The van der Waals surface area contributed by atoms with Crippen molar-refractivity contribution < 1.29 is 14.3 Å². The molecule has 2 saturated heterocycles. The summed E-state index contributed by atoms with van der Waals surface area (Å²) >= 11 is 0.973. The van der Waals surface area contributed by atoms with E-state index in [1.165, 1.54) is 4.90 Å². The minimum absolute atomic E-state index is 0.244. The van der Waals surface area contributed by atoms with Gasteiger partial charge in [-0.2, -0.15) is 0 Å². The van der Waals surface area contributed by atoms with Gasteiger partial charge in [0, 0.05) is 25.3 Å². The third kappa shape index (κ3) is 3.48. The molecule has 23 heavy (non-hydrogen) atoms. The van der Waals surface area contributed by atoms with Crippen molar-refractivity contribution in [2.24, 2.45) is 0 Å². The molecule has 120 valence electrons. The Labute approximate surface area is 139 Å². The van der Waals surface area contributed by atoms with Crippen LogP contribution >= 0.6 is 11.8 Å². The second-order valence-corrected chi connectivity index (χ2v) is 6.27. The zero-order valence-electron chi connectivity index (χ0n) is 12.7. The van der Waals surface area contributed by atoms with Gasteiger partial charge in [-0.3, -0.25) is 14.5 Å². The van der Waals surface area contributed by atoms with Crippen LogP contribution < -0.4 is 4.90 Å². The number of amides is 2. The lowest BCUT2D eigenvalue weighted by Gasteiger charge is -2.28. The molecule has 0 aromatic heterocycles. The molecule has 3 rings (SSSR count). The fourth-order valence-corrected chi connectivity index (χ4v) is 3.39. The van der Waals surface area contributed by atoms with E-state index in [9.17, 15) is 9.59 Å². The summed E-state index contributed by atoms with van der Waals surface area (Å²) < 4.78 is 5.35. The predicted molar refractivity (Wildman–Crippen MR) is 92.3 cm³/mol. The van der Waals surface area contributed by atoms with E-state index in [0.717, 1.165) is 49.3 Å². The standard InChI is InChI=1S/C17H18N2O3S/c1-2-7-19-16(20)15(23-17(19)21)12-13-3-5-14(6-4-13)18-8-10-22-11-9-18/h2-6,12H,1,7-11H2. The summed E-state index contributed by atoms with van der Waals surface area (Å²) in [7, 11) is 0. The normalized spacial score (nSPS) is 20.4. The number of anilines is 1. The molecular weight excluding hydrogens is 312 g/mol. The van der Waals surface area contributed by atoms with Gasteiger partial charge in [-0.25, -0.2) is 0 Å². The van der Waals surface area contributed by atoms with Crippen molar-refractivity contribution in [3.05, 3.63) is 47.4 Å². The number of imide groups is 1. The van der Waals surface area contributed by atoms with E-state index in [0.29, 0.717) is 4.91 Å². The van der Waals surface area contributed by atoms with Crippen LogP contribution in [0.25, 0.3) is 6.08 Å². The van der Waals surface area contributed by atoms with Gasteiger partial charge in [0.1, 0.15) is 0 Å². The Bertz CT molecular complexity index is 648. The first-order valence-corrected chi connectivity index (χ1v) is 8.30. The summed E-state index contributed by atoms with van der Waals surface area (Å²) in [5.41, 5.74) is 2.05. The van der Waals surface area contributed by atoms with Crippen molar-refractivity contribution in [3.8, 4) is 0 Å². The maximum absolute atomic E-state index is 12.2. The Kier molecular flexibility index (Phi) is 4.83. The van der Waals surface area contributed by atoms with Gasteiger partial charge >= 0.3 is 0 Å². The molecular formula is C17H18N2O3S. The van der Waals surface area contributed by atoms with E-state index in [1.54, 1.807) is 12.2 Å². The summed E-state index contributed by atoms with van der Waals surface area (Å²) in [6.07, 6.45) is 3.31. The van der Waals surface area contributed by atoms with Crippen molar-refractivity contribution in [2.75, 3.05) is 37.7 Å². The molecule has 0 aliphatic carbocycles. The van der Waals surface area contributed by atoms with Crippen molar-refractivity contribution in [1.82, 2.24) is 4.90 Å². The van der Waals surface area contributed by atoms with Gasteiger partial charge in [0.25, 0.3) is 11.1 Å². The lowest BCUT2D eigenvalue weighted by molar-refractivity contribution is -0.122. The predicted octanol–water partition coefficient (Wildman–Crippen LogP) is 2.75. The van der Waals surface area contributed by atoms with Gasteiger partial charge in [0.15, 0.2) is 0 Å². The lowest BCUT2D eigenvalue weighted by atomic mass is 10.1. The number of ether oxygens (including phenoxy) is 1. The molecule has 5 nitrogen and oxygen atoms in total. The largest absolute Gasteiger partial charge is 0.378 e. The molecule has 1 aromatic rings. The molecule has 2 fully saturated rings. The zero-order valence-corrected chi connectivity index (χ0v) is 13.6. The highest BCUT2D eigenvalue weighted by Gasteiger charge is 2.33. The molecule has 2 heterocycles. The van der Waals surface area contributed by atoms with Gasteiger partial charge in [-0.05, 0) is 35.5 Å². The van der Waals surface area contributed by atoms with Crippen LogP contribution in [0.2, 0.25) is 0 Å². The van der Waals surface area contributed by atoms with E-state index in [4.69, 9.17) is 4.74 Å². The Morgan fingerprint density at radius 2 is 1.87 bits per heavy atom. The molecule has 0 unspecified atom stereocenters. The van der Waals surface area contributed by atoms with Crippen LogP contribution in [0.1, 0.15) is 5.56 Å². The molecule has 1 aromatic carbocycles. The van der Waals surface area contributed by atoms with Gasteiger partial charge < -0.3 is 9.64 Å². The second kappa shape index (κ2) is 7.02. The monoisotopic (exact) mass is 330 g/mol. The highest BCUT2D eigenvalue weighted by Crippen LogP contribution is 2.32. The first kappa shape index (κ1) is 15.8. The van der Waals surface area contributed by atoms with Crippen LogP contribution in [-0.4, -0.2) is 48.9 Å². The number of carbonyl (C=O) groups is 2. The number of benzene rings is 1. The molecule has 2 aliphatic rings. The molecule has 2 aliphatic heterocycles. The van der Waals surface area contributed by atoms with Crippen molar-refractivity contribution in [1.29, 1.82) is 0 Å². The van der Waals surface area contributed by atoms with Gasteiger partial charge in [-0.15, -0.1) is 6.58 Å². The number of nitrogens with zero attached hydrogens (tertiary/aromatic N) is 2. The third-order valence-corrected chi connectivity index (χ3v) is 4.66. The molecule has 0 bridgehead atoms. The number of hydrogen-bond donors (Lipinski definition) is 0. The van der Waals surface area contributed by atoms with E-state index >= 15 is 0 Å². The first-order valence-electron chi connectivity index (χ1n) is 7.48. The van der Waals surface area contributed by atoms with E-state index < -0.39 is 0 Å². The van der Waals surface area contributed by atoms with Gasteiger partial charge in [0.2, 0.25) is 0 Å². The Balaban J connectivity index is 1.73. The Morgan fingerprint density at radius 1 is 1.17 bits per heavy atom. The quantitative estimate of drug-likeness (QED) is 0.627. The summed E-state index contributed by atoms with van der Waals surface area (Å²) in [5.74, 6) is -0.253. The average Bonchev–Trinajstić information content (AvgIpc) is 2.84. The maximum Gasteiger partial charge on any atom is 0.293 e. The SMILES string of the molecule is C=CCN1C(=O)SC(=Cc2ccc(N3CCOCC3)cc2)C1=O. The summed E-state index contributed by atoms with van der Waals surface area (Å²) in [6.45, 7) is 7.09. The van der Waals surface area contributed by atoms with Crippen molar-refractivity contribution >= 4 is 34.7 Å². The van der Waals surface area contributed by atoms with Gasteiger partial charge in [0.05, 0.1) is 18.1 Å². The topological polar surface area (TPSA) is 49.9 Å². The highest BCUT2D eigenvalue weighted by atomic mass is 32.2. The number of morpholine rings is 1. The molecule has 0 N–H and O–H groups in total. The minimum atomic E-state index is -0.253. The van der Waals surface area contributed by atoms with Crippen molar-refractivity contribution in [2.45, 2.75) is 0 Å². The summed E-state index contributed by atoms with van der Waals surface area (Å²) in [6, 6.07) is 7.99. The molecule has 0 saturated carbocycles. The average molecular weight is 330 g/mol. The first-order chi connectivity index (χ1) is 11.2. The molecule has 2 amide bonds. The molecule has 6 heteroatoms. The van der Waals surface area contributed by atoms with Crippen LogP contribution in [0.4, 0.5) is 10.5 Å². The lowest BCUT2D eigenvalue weighted by Crippen LogP contribution is -2.36. The van der Waals surface area contributed by atoms with Crippen LogP contribution in [0.5, 0.6) is 0 Å². The maximum atomic E-state index is 12.2. The smallest absolute Gasteiger partial charge is 0.293 e. The summed E-state index contributed by atoms with van der Waals surface area (Å²) in [4.78, 5) is 27.9. The van der Waals surface area contributed by atoms with Crippen LogP contribution in [-0.2, 0) is 9.53 Å². The number of thioether (sulfide) groups is 1. The highest BCUT2D eigenvalue weighted by molar-refractivity contribution is 8.18. The Morgan fingerprint density at radius 3 is 2.52 bits per heavy atom. The number of carbonyl (C=O) groups excluding carboxylic acids is 2. The van der Waals surface area contributed by atoms with E-state index in [-0.39, 0.29) is 17.7 Å². The third-order valence-electron chi connectivity index (χ3n) is 3.75. The van der Waals surface area contributed by atoms with E-state index in [1.807, 2.05) is 24.3 Å². The van der Waals surface area contributed by atoms with Crippen molar-refractivity contribution in [3.63, 3.8) is 0 Å². The second-order valence-electron chi connectivity index (χ2n) is 5.27. The van der Waals surface area contributed by atoms with Crippen LogP contribution in [0.15, 0.2) is 41.8 Å².